The fourth-order valence-electron chi connectivity index (χ4n) is 1.49. The number of carboxylic acid groups (broad SMARTS) is 1. The molecular formula is C11H12N4O2S. The van der Waals surface area contributed by atoms with Crippen molar-refractivity contribution >= 4 is 17.7 Å². The molecule has 94 valence electrons. The number of rotatable bonds is 5. The van der Waals surface area contributed by atoms with Crippen molar-refractivity contribution in [2.24, 2.45) is 0 Å². The van der Waals surface area contributed by atoms with Gasteiger partial charge in [0.15, 0.2) is 0 Å². The second kappa shape index (κ2) is 5.54. The Morgan fingerprint density at radius 3 is 2.72 bits per heavy atom. The van der Waals surface area contributed by atoms with Crippen LogP contribution in [0, 0.1) is 0 Å². The van der Waals surface area contributed by atoms with E-state index in [1.165, 1.54) is 22.8 Å². The summed E-state index contributed by atoms with van der Waals surface area (Å²) < 4.78 is 1.27. The standard InChI is InChI=1S/C11H12N4O2S/c12-15-7-13-14-11(15)18-6-9(10(16)17)8-4-2-1-3-5-8/h1-5,7,9H,6,12H2,(H,16,17). The first kappa shape index (κ1) is 12.4. The highest BCUT2D eigenvalue weighted by Gasteiger charge is 2.20. The van der Waals surface area contributed by atoms with Gasteiger partial charge in [0.1, 0.15) is 6.33 Å². The average Bonchev–Trinajstić information content (AvgIpc) is 2.76. The molecule has 6 nitrogen and oxygen atoms in total. The van der Waals surface area contributed by atoms with Crippen LogP contribution in [0.25, 0.3) is 0 Å². The molecule has 0 saturated carbocycles. The molecule has 18 heavy (non-hydrogen) atoms. The number of nitrogen functional groups attached to an aromatic ring is 1. The minimum Gasteiger partial charge on any atom is -0.481 e. The van der Waals surface area contributed by atoms with Crippen molar-refractivity contribution in [1.29, 1.82) is 0 Å². The first-order chi connectivity index (χ1) is 8.68. The summed E-state index contributed by atoms with van der Waals surface area (Å²) in [6, 6.07) is 9.09. The Balaban J connectivity index is 2.09. The molecule has 0 fully saturated rings. The lowest BCUT2D eigenvalue weighted by Crippen LogP contribution is -2.15. The van der Waals surface area contributed by atoms with Crippen molar-refractivity contribution in [3.63, 3.8) is 0 Å². The highest BCUT2D eigenvalue weighted by atomic mass is 32.2. The molecule has 2 aromatic rings. The Morgan fingerprint density at radius 2 is 2.17 bits per heavy atom. The van der Waals surface area contributed by atoms with Crippen molar-refractivity contribution in [3.05, 3.63) is 42.2 Å². The van der Waals surface area contributed by atoms with Crippen LogP contribution in [0.2, 0.25) is 0 Å². The second-order valence-electron chi connectivity index (χ2n) is 3.63. The van der Waals surface area contributed by atoms with Gasteiger partial charge in [-0.05, 0) is 5.56 Å². The van der Waals surface area contributed by atoms with Gasteiger partial charge in [-0.15, -0.1) is 10.2 Å². The first-order valence-electron chi connectivity index (χ1n) is 5.24. The molecule has 1 unspecified atom stereocenters. The van der Waals surface area contributed by atoms with Gasteiger partial charge in [0, 0.05) is 5.75 Å². The summed E-state index contributed by atoms with van der Waals surface area (Å²) >= 11 is 1.27. The average molecular weight is 264 g/mol. The van der Waals surface area contributed by atoms with Crippen LogP contribution in [0.4, 0.5) is 0 Å². The molecule has 3 N–H and O–H groups in total. The molecule has 1 heterocycles. The molecule has 1 atom stereocenters. The summed E-state index contributed by atoms with van der Waals surface area (Å²) in [4.78, 5) is 11.3. The van der Waals surface area contributed by atoms with E-state index in [0.717, 1.165) is 5.56 Å². The lowest BCUT2D eigenvalue weighted by Gasteiger charge is -2.11. The Bertz CT molecular complexity index is 529. The van der Waals surface area contributed by atoms with E-state index in [1.807, 2.05) is 18.2 Å². The number of carboxylic acids is 1. The van der Waals surface area contributed by atoms with Crippen LogP contribution in [0.3, 0.4) is 0 Å². The Labute approximate surface area is 108 Å². The number of aromatic nitrogens is 3. The van der Waals surface area contributed by atoms with Crippen LogP contribution >= 0.6 is 11.8 Å². The maximum absolute atomic E-state index is 11.3. The fraction of sp³-hybridized carbons (Fsp3) is 0.182. The Hall–Kier alpha value is -2.02. The predicted molar refractivity (Wildman–Crippen MR) is 67.7 cm³/mol. The molecule has 0 radical (unpaired) electrons. The van der Waals surface area contributed by atoms with E-state index < -0.39 is 11.9 Å². The van der Waals surface area contributed by atoms with Crippen LogP contribution in [-0.2, 0) is 4.79 Å². The summed E-state index contributed by atoms with van der Waals surface area (Å²) in [5, 5.41) is 17.2. The van der Waals surface area contributed by atoms with Gasteiger partial charge in [-0.1, -0.05) is 42.1 Å². The van der Waals surface area contributed by atoms with E-state index >= 15 is 0 Å². The normalized spacial score (nSPS) is 12.2. The van der Waals surface area contributed by atoms with Gasteiger partial charge < -0.3 is 10.9 Å². The zero-order chi connectivity index (χ0) is 13.0. The molecule has 0 spiro atoms. The van der Waals surface area contributed by atoms with Gasteiger partial charge in [0.05, 0.1) is 5.92 Å². The molecule has 0 aliphatic heterocycles. The zero-order valence-corrected chi connectivity index (χ0v) is 10.2. The fourth-order valence-corrected chi connectivity index (χ4v) is 2.44. The number of nitrogens with zero attached hydrogens (tertiary/aromatic N) is 3. The molecule has 0 saturated heterocycles. The Morgan fingerprint density at radius 1 is 1.44 bits per heavy atom. The maximum atomic E-state index is 11.3. The summed E-state index contributed by atoms with van der Waals surface area (Å²) in [6.45, 7) is 0. The number of benzene rings is 1. The summed E-state index contributed by atoms with van der Waals surface area (Å²) in [7, 11) is 0. The zero-order valence-electron chi connectivity index (χ0n) is 9.43. The molecule has 2 rings (SSSR count). The molecule has 1 aromatic carbocycles. The number of hydrogen-bond acceptors (Lipinski definition) is 5. The third-order valence-electron chi connectivity index (χ3n) is 2.42. The molecule has 0 amide bonds. The van der Waals surface area contributed by atoms with Crippen LogP contribution in [0.1, 0.15) is 11.5 Å². The highest BCUT2D eigenvalue weighted by molar-refractivity contribution is 7.99. The third kappa shape index (κ3) is 2.80. The topological polar surface area (TPSA) is 94.0 Å². The van der Waals surface area contributed by atoms with Crippen LogP contribution in [0.5, 0.6) is 0 Å². The van der Waals surface area contributed by atoms with Crippen molar-refractivity contribution < 1.29 is 9.90 Å². The monoisotopic (exact) mass is 264 g/mol. The number of carbonyl (C=O) groups is 1. The van der Waals surface area contributed by atoms with E-state index in [9.17, 15) is 9.90 Å². The largest absolute Gasteiger partial charge is 0.481 e. The second-order valence-corrected chi connectivity index (χ2v) is 4.62. The van der Waals surface area contributed by atoms with E-state index in [-0.39, 0.29) is 0 Å². The minimum atomic E-state index is -0.864. The van der Waals surface area contributed by atoms with Crippen LogP contribution < -0.4 is 5.84 Å². The van der Waals surface area contributed by atoms with Gasteiger partial charge >= 0.3 is 5.97 Å². The number of aliphatic carboxylic acids is 1. The van der Waals surface area contributed by atoms with Gasteiger partial charge in [-0.2, -0.15) is 0 Å². The lowest BCUT2D eigenvalue weighted by molar-refractivity contribution is -0.138. The van der Waals surface area contributed by atoms with Crippen molar-refractivity contribution in [2.75, 3.05) is 11.6 Å². The minimum absolute atomic E-state index is 0.356. The van der Waals surface area contributed by atoms with Gasteiger partial charge in [-0.3, -0.25) is 4.79 Å². The number of thioether (sulfide) groups is 1. The Kier molecular flexibility index (Phi) is 3.83. The molecule has 7 heteroatoms. The molecule has 0 bridgehead atoms. The first-order valence-corrected chi connectivity index (χ1v) is 6.22. The predicted octanol–water partition coefficient (Wildman–Crippen LogP) is 0.952. The summed E-state index contributed by atoms with van der Waals surface area (Å²) in [5.41, 5.74) is 0.764. The van der Waals surface area contributed by atoms with Crippen molar-refractivity contribution in [3.8, 4) is 0 Å². The van der Waals surface area contributed by atoms with E-state index in [2.05, 4.69) is 10.2 Å². The van der Waals surface area contributed by atoms with Crippen molar-refractivity contribution in [1.82, 2.24) is 14.9 Å². The van der Waals surface area contributed by atoms with E-state index in [4.69, 9.17) is 5.84 Å². The highest BCUT2D eigenvalue weighted by Crippen LogP contribution is 2.24. The number of hydrogen-bond donors (Lipinski definition) is 2. The summed E-state index contributed by atoms with van der Waals surface area (Å²) in [6.07, 6.45) is 1.38. The van der Waals surface area contributed by atoms with E-state index in [0.29, 0.717) is 10.9 Å². The smallest absolute Gasteiger partial charge is 0.311 e. The summed E-state index contributed by atoms with van der Waals surface area (Å²) in [5.74, 6) is 4.47. The van der Waals surface area contributed by atoms with Gasteiger partial charge in [0.25, 0.3) is 0 Å². The number of nitrogens with two attached hydrogens (primary N) is 1. The quantitative estimate of drug-likeness (QED) is 0.617. The maximum Gasteiger partial charge on any atom is 0.311 e. The van der Waals surface area contributed by atoms with Crippen molar-refractivity contribution in [2.45, 2.75) is 11.1 Å². The van der Waals surface area contributed by atoms with Crippen LogP contribution in [0.15, 0.2) is 41.8 Å². The third-order valence-corrected chi connectivity index (χ3v) is 3.47. The van der Waals surface area contributed by atoms with Gasteiger partial charge in [0.2, 0.25) is 5.16 Å². The lowest BCUT2D eigenvalue weighted by atomic mass is 10.0. The van der Waals surface area contributed by atoms with Crippen LogP contribution in [-0.4, -0.2) is 31.7 Å². The van der Waals surface area contributed by atoms with Gasteiger partial charge in [-0.25, -0.2) is 4.68 Å². The molecular weight excluding hydrogens is 252 g/mol. The van der Waals surface area contributed by atoms with E-state index in [1.54, 1.807) is 12.1 Å². The SMILES string of the molecule is Nn1cnnc1SCC(C(=O)O)c1ccccc1. The molecule has 0 aliphatic rings. The molecule has 0 aliphatic carbocycles. The molecule has 1 aromatic heterocycles.